The second-order valence-corrected chi connectivity index (χ2v) is 8.71. The lowest BCUT2D eigenvalue weighted by atomic mass is 10.3. The SMILES string of the molecule is COc1ccc([I+]c2ccc(OC)cc2)cc1.O=S(=O)([O-])C(F)(F)F. The fraction of sp³-hybridized carbons (Fsp3) is 0.200. The van der Waals surface area contributed by atoms with Crippen molar-refractivity contribution >= 4 is 10.1 Å². The Morgan fingerprint density at radius 2 is 1.12 bits per heavy atom. The molecule has 0 radical (unpaired) electrons. The lowest BCUT2D eigenvalue weighted by Crippen LogP contribution is -3.61. The van der Waals surface area contributed by atoms with Crippen LogP contribution in [0.1, 0.15) is 0 Å². The molecule has 0 spiro atoms. The van der Waals surface area contributed by atoms with Crippen LogP contribution in [-0.4, -0.2) is 32.7 Å². The normalized spacial score (nSPS) is 11.3. The van der Waals surface area contributed by atoms with Crippen LogP contribution in [0, 0.1) is 7.14 Å². The van der Waals surface area contributed by atoms with Crippen LogP contribution in [0.5, 0.6) is 11.5 Å². The number of hydrogen-bond acceptors (Lipinski definition) is 5. The largest absolute Gasteiger partial charge is 0.741 e. The summed E-state index contributed by atoms with van der Waals surface area (Å²) in [5, 5.41) is 0. The highest BCUT2D eigenvalue weighted by atomic mass is 127. The molecule has 0 saturated heterocycles. The number of benzene rings is 2. The van der Waals surface area contributed by atoms with Crippen LogP contribution >= 0.6 is 0 Å². The van der Waals surface area contributed by atoms with Crippen molar-refractivity contribution in [1.29, 1.82) is 0 Å². The molecule has 0 aliphatic rings. The monoisotopic (exact) mass is 490 g/mol. The number of hydrogen-bond donors (Lipinski definition) is 0. The predicted octanol–water partition coefficient (Wildman–Crippen LogP) is -0.116. The molecule has 0 N–H and O–H groups in total. The van der Waals surface area contributed by atoms with Crippen LogP contribution in [0.15, 0.2) is 48.5 Å². The number of ether oxygens (including phenoxy) is 2. The molecule has 10 heteroatoms. The van der Waals surface area contributed by atoms with Crippen LogP contribution in [0.4, 0.5) is 13.2 Å². The zero-order valence-electron chi connectivity index (χ0n) is 13.1. The molecule has 5 nitrogen and oxygen atoms in total. The molecule has 0 bridgehead atoms. The van der Waals surface area contributed by atoms with Crippen LogP contribution in [0.2, 0.25) is 0 Å². The lowest BCUT2D eigenvalue weighted by molar-refractivity contribution is -0.597. The first-order valence-corrected chi connectivity index (χ1v) is 10.1. The first-order chi connectivity index (χ1) is 11.6. The molecule has 2 aromatic rings. The molecule has 0 aliphatic carbocycles. The van der Waals surface area contributed by atoms with Gasteiger partial charge in [-0.25, -0.2) is 8.42 Å². The Balaban J connectivity index is 0.000000333. The molecule has 2 rings (SSSR count). The average molecular weight is 490 g/mol. The lowest BCUT2D eigenvalue weighted by Gasteiger charge is -2.08. The summed E-state index contributed by atoms with van der Waals surface area (Å²) in [5.41, 5.74) is -5.65. The molecule has 0 atom stereocenters. The summed E-state index contributed by atoms with van der Waals surface area (Å²) in [5.74, 6) is 1.82. The summed E-state index contributed by atoms with van der Waals surface area (Å²) in [4.78, 5) is 0. The van der Waals surface area contributed by atoms with E-state index in [1.807, 2.05) is 24.3 Å². The van der Waals surface area contributed by atoms with Gasteiger partial charge in [0.05, 0.1) is 14.2 Å². The van der Waals surface area contributed by atoms with Gasteiger partial charge in [-0.3, -0.25) is 0 Å². The minimum absolute atomic E-state index is 0.119. The second kappa shape index (κ2) is 9.25. The smallest absolute Gasteiger partial charge is 0.485 e. The molecule has 0 saturated carbocycles. The van der Waals surface area contributed by atoms with Gasteiger partial charge in [-0.05, 0) is 48.5 Å². The van der Waals surface area contributed by atoms with Gasteiger partial charge in [0.15, 0.2) is 17.3 Å². The molecule has 0 unspecified atom stereocenters. The fourth-order valence-corrected chi connectivity index (χ4v) is 3.55. The van der Waals surface area contributed by atoms with Crippen LogP contribution in [0.3, 0.4) is 0 Å². The Morgan fingerprint density at radius 3 is 1.32 bits per heavy atom. The predicted molar refractivity (Wildman–Crippen MR) is 79.1 cm³/mol. The molecule has 2 aromatic carbocycles. The summed E-state index contributed by atoms with van der Waals surface area (Å²) >= 11 is -0.119. The molecular formula is C15H14F3IO5S. The van der Waals surface area contributed by atoms with E-state index < -0.39 is 15.6 Å². The Labute approximate surface area is 153 Å². The summed E-state index contributed by atoms with van der Waals surface area (Å²) < 4.78 is 72.0. The number of rotatable bonds is 4. The van der Waals surface area contributed by atoms with E-state index in [4.69, 9.17) is 22.4 Å². The van der Waals surface area contributed by atoms with E-state index in [1.54, 1.807) is 14.2 Å². The highest BCUT2D eigenvalue weighted by molar-refractivity contribution is 7.86. The van der Waals surface area contributed by atoms with Gasteiger partial charge >= 0.3 is 26.7 Å². The molecule has 0 amide bonds. The van der Waals surface area contributed by atoms with Gasteiger partial charge in [0, 0.05) is 0 Å². The van der Waals surface area contributed by atoms with Crippen molar-refractivity contribution in [3.63, 3.8) is 0 Å². The van der Waals surface area contributed by atoms with E-state index in [1.165, 1.54) is 7.14 Å². The van der Waals surface area contributed by atoms with E-state index >= 15 is 0 Å². The zero-order valence-corrected chi connectivity index (χ0v) is 16.1. The third-order valence-corrected chi connectivity index (χ3v) is 5.85. The Hall–Kier alpha value is -1.53. The van der Waals surface area contributed by atoms with Crippen molar-refractivity contribution in [1.82, 2.24) is 0 Å². The maximum Gasteiger partial charge on any atom is 0.485 e. The van der Waals surface area contributed by atoms with E-state index in [2.05, 4.69) is 24.3 Å². The summed E-state index contributed by atoms with van der Waals surface area (Å²) in [6.45, 7) is 0. The minimum atomic E-state index is -6.09. The third kappa shape index (κ3) is 7.48. The van der Waals surface area contributed by atoms with E-state index in [9.17, 15) is 13.2 Å². The molecule has 0 aromatic heterocycles. The first kappa shape index (κ1) is 21.5. The van der Waals surface area contributed by atoms with E-state index in [0.29, 0.717) is 0 Å². The fourth-order valence-electron chi connectivity index (χ4n) is 1.39. The Bertz CT molecular complexity index is 714. The van der Waals surface area contributed by atoms with E-state index in [-0.39, 0.29) is 21.2 Å². The van der Waals surface area contributed by atoms with Gasteiger partial charge in [-0.15, -0.1) is 0 Å². The number of methoxy groups -OCH3 is 2. The van der Waals surface area contributed by atoms with Gasteiger partial charge in [0.1, 0.15) is 11.5 Å². The van der Waals surface area contributed by atoms with Gasteiger partial charge < -0.3 is 14.0 Å². The van der Waals surface area contributed by atoms with Crippen molar-refractivity contribution in [2.24, 2.45) is 0 Å². The van der Waals surface area contributed by atoms with Gasteiger partial charge in [-0.1, -0.05) is 0 Å². The molecule has 0 aliphatic heterocycles. The average Bonchev–Trinajstić information content (AvgIpc) is 2.55. The van der Waals surface area contributed by atoms with E-state index in [0.717, 1.165) is 11.5 Å². The van der Waals surface area contributed by atoms with Crippen LogP contribution in [0.25, 0.3) is 0 Å². The molecule has 25 heavy (non-hydrogen) atoms. The molecular weight excluding hydrogens is 476 g/mol. The second-order valence-electron chi connectivity index (χ2n) is 4.31. The van der Waals surface area contributed by atoms with Gasteiger partial charge in [-0.2, -0.15) is 13.2 Å². The molecule has 138 valence electrons. The quantitative estimate of drug-likeness (QED) is 0.340. The zero-order chi connectivity index (χ0) is 19.1. The minimum Gasteiger partial charge on any atom is -0.741 e. The summed E-state index contributed by atoms with van der Waals surface area (Å²) in [6, 6.07) is 16.6. The highest BCUT2D eigenvalue weighted by Crippen LogP contribution is 2.20. The standard InChI is InChI=1S/C14H14IO2.CHF3O3S/c1-16-13-7-3-11(4-8-13)15-12-5-9-14(17-2)10-6-12;2-1(3,4)8(5,6)7/h3-10H,1-2H3;(H,5,6,7)/q+1;/p-1. The summed E-state index contributed by atoms with van der Waals surface area (Å²) in [6.07, 6.45) is 0. The van der Waals surface area contributed by atoms with Crippen LogP contribution < -0.4 is 30.7 Å². The number of alkyl halides is 3. The first-order valence-electron chi connectivity index (χ1n) is 6.52. The highest BCUT2D eigenvalue weighted by Gasteiger charge is 2.36. The van der Waals surface area contributed by atoms with Crippen molar-refractivity contribution in [2.45, 2.75) is 5.51 Å². The third-order valence-electron chi connectivity index (χ3n) is 2.60. The van der Waals surface area contributed by atoms with Crippen molar-refractivity contribution in [3.8, 4) is 11.5 Å². The Kier molecular flexibility index (Phi) is 7.96. The number of halogens is 4. The van der Waals surface area contributed by atoms with Gasteiger partial charge in [0.2, 0.25) is 0 Å². The molecule has 0 fully saturated rings. The maximum absolute atomic E-state index is 10.7. The van der Waals surface area contributed by atoms with Crippen molar-refractivity contribution in [2.75, 3.05) is 14.2 Å². The molecule has 0 heterocycles. The van der Waals surface area contributed by atoms with Gasteiger partial charge in [0.25, 0.3) is 0 Å². The summed E-state index contributed by atoms with van der Waals surface area (Å²) in [7, 11) is -2.71. The topological polar surface area (TPSA) is 75.7 Å². The Morgan fingerprint density at radius 1 is 0.840 bits per heavy atom. The van der Waals surface area contributed by atoms with Crippen LogP contribution in [-0.2, 0) is 10.1 Å². The van der Waals surface area contributed by atoms with Crippen molar-refractivity contribution < 1.29 is 56.8 Å². The maximum atomic E-state index is 10.7. The van der Waals surface area contributed by atoms with Crippen molar-refractivity contribution in [3.05, 3.63) is 55.7 Å².